The first kappa shape index (κ1) is 31.0. The number of para-hydroxylation sites is 1. The largest absolute Gasteiger partial charge is 0.489 e. The van der Waals surface area contributed by atoms with Crippen LogP contribution in [-0.4, -0.2) is 29.7 Å². The first-order valence-corrected chi connectivity index (χ1v) is 15.1. The molecular formula is C39H31NO7. The molecule has 0 aromatic heterocycles. The first-order chi connectivity index (χ1) is 22.7. The van der Waals surface area contributed by atoms with Crippen molar-refractivity contribution in [3.8, 4) is 17.2 Å². The Morgan fingerprint density at radius 3 is 1.98 bits per heavy atom. The fourth-order valence-electron chi connectivity index (χ4n) is 5.32. The quantitative estimate of drug-likeness (QED) is 0.0884. The van der Waals surface area contributed by atoms with Crippen molar-refractivity contribution in [3.63, 3.8) is 0 Å². The third kappa shape index (κ3) is 6.53. The summed E-state index contributed by atoms with van der Waals surface area (Å²) in [5.41, 5.74) is 4.01. The van der Waals surface area contributed by atoms with Gasteiger partial charge >= 0.3 is 5.97 Å². The molecule has 1 aliphatic heterocycles. The van der Waals surface area contributed by atoms with E-state index in [9.17, 15) is 19.2 Å². The number of fused-ring (bicyclic) bond motifs is 1. The van der Waals surface area contributed by atoms with Crippen LogP contribution in [0.1, 0.15) is 65.0 Å². The lowest BCUT2D eigenvalue weighted by atomic mass is 10.1. The highest BCUT2D eigenvalue weighted by molar-refractivity contribution is 6.34. The highest BCUT2D eigenvalue weighted by Crippen LogP contribution is 2.33. The Morgan fingerprint density at radius 1 is 0.681 bits per heavy atom. The minimum atomic E-state index is -1.09. The van der Waals surface area contributed by atoms with E-state index >= 15 is 0 Å². The summed E-state index contributed by atoms with van der Waals surface area (Å²) >= 11 is 0. The molecule has 1 aliphatic rings. The molecule has 1 unspecified atom stereocenters. The maximum atomic E-state index is 13.4. The number of hydrogen-bond donors (Lipinski definition) is 0. The van der Waals surface area contributed by atoms with E-state index < -0.39 is 29.7 Å². The van der Waals surface area contributed by atoms with E-state index in [1.165, 1.54) is 25.1 Å². The predicted octanol–water partition coefficient (Wildman–Crippen LogP) is 7.90. The number of aryl methyl sites for hydroxylation is 2. The number of rotatable bonds is 10. The summed E-state index contributed by atoms with van der Waals surface area (Å²) in [6.45, 7) is 5.79. The second-order valence-electron chi connectivity index (χ2n) is 11.2. The zero-order chi connectivity index (χ0) is 33.1. The van der Waals surface area contributed by atoms with Crippen LogP contribution < -0.4 is 14.4 Å². The molecule has 5 aromatic carbocycles. The SMILES string of the molecule is Cc1cccc(C)c1Oc1ccc(N2C(=O)c3ccc(C(=O)OC(C)C(=O)c4ccc(OCc5ccccc5)cc4)cc3C2=O)cc1. The monoisotopic (exact) mass is 625 g/mol. The van der Waals surface area contributed by atoms with E-state index in [4.69, 9.17) is 14.2 Å². The number of hydrogen-bond acceptors (Lipinski definition) is 7. The molecule has 0 fully saturated rings. The molecule has 5 aromatic rings. The molecule has 0 spiro atoms. The molecule has 0 aliphatic carbocycles. The molecule has 0 bridgehead atoms. The Morgan fingerprint density at radius 2 is 1.30 bits per heavy atom. The van der Waals surface area contributed by atoms with E-state index in [0.29, 0.717) is 29.4 Å². The minimum absolute atomic E-state index is 0.0495. The highest BCUT2D eigenvalue weighted by atomic mass is 16.5. The molecule has 6 rings (SSSR count). The van der Waals surface area contributed by atoms with Crippen LogP contribution in [0.5, 0.6) is 17.2 Å². The molecule has 8 heteroatoms. The van der Waals surface area contributed by atoms with Crippen molar-refractivity contribution in [1.82, 2.24) is 0 Å². The zero-order valence-corrected chi connectivity index (χ0v) is 26.1. The predicted molar refractivity (Wildman–Crippen MR) is 176 cm³/mol. The number of ketones is 1. The molecule has 47 heavy (non-hydrogen) atoms. The van der Waals surface area contributed by atoms with Crippen molar-refractivity contribution < 1.29 is 33.4 Å². The zero-order valence-electron chi connectivity index (χ0n) is 26.1. The number of carbonyl (C=O) groups excluding carboxylic acids is 4. The summed E-state index contributed by atoms with van der Waals surface area (Å²) in [7, 11) is 0. The fourth-order valence-corrected chi connectivity index (χ4v) is 5.32. The Bertz CT molecular complexity index is 1960. The number of anilines is 1. The van der Waals surface area contributed by atoms with Gasteiger partial charge in [0.25, 0.3) is 11.8 Å². The van der Waals surface area contributed by atoms with Gasteiger partial charge in [-0.25, -0.2) is 9.69 Å². The number of carbonyl (C=O) groups is 4. The fraction of sp³-hybridized carbons (Fsp3) is 0.128. The standard InChI is InChI=1S/C39H31NO7/c1-24-8-7-9-25(2)36(24)47-32-19-15-30(16-20-32)40-37(42)33-21-14-29(22-34(33)38(40)43)39(44)46-26(3)35(41)28-12-17-31(18-13-28)45-23-27-10-5-4-6-11-27/h4-22,26H,23H2,1-3H3. The summed E-state index contributed by atoms with van der Waals surface area (Å²) in [4.78, 5) is 53.7. The molecule has 1 heterocycles. The first-order valence-electron chi connectivity index (χ1n) is 15.1. The van der Waals surface area contributed by atoms with Crippen molar-refractivity contribution in [2.24, 2.45) is 0 Å². The summed E-state index contributed by atoms with van der Waals surface area (Å²) < 4.78 is 17.3. The van der Waals surface area contributed by atoms with Crippen LogP contribution in [0.2, 0.25) is 0 Å². The van der Waals surface area contributed by atoms with Crippen molar-refractivity contribution in [3.05, 3.63) is 154 Å². The van der Waals surface area contributed by atoms with Gasteiger partial charge in [-0.2, -0.15) is 0 Å². The van der Waals surface area contributed by atoms with Gasteiger partial charge in [0.05, 0.1) is 22.4 Å². The molecule has 0 saturated heterocycles. The molecule has 0 radical (unpaired) electrons. The van der Waals surface area contributed by atoms with Gasteiger partial charge in [-0.3, -0.25) is 14.4 Å². The second kappa shape index (κ2) is 13.1. The number of Topliss-reactive ketones (excluding diaryl/α,β-unsaturated/α-hetero) is 1. The third-order valence-corrected chi connectivity index (χ3v) is 7.89. The third-order valence-electron chi connectivity index (χ3n) is 7.89. The van der Waals surface area contributed by atoms with Gasteiger partial charge in [-0.15, -0.1) is 0 Å². The molecule has 8 nitrogen and oxygen atoms in total. The van der Waals surface area contributed by atoms with Crippen LogP contribution in [0.25, 0.3) is 0 Å². The van der Waals surface area contributed by atoms with Crippen LogP contribution in [0, 0.1) is 13.8 Å². The maximum Gasteiger partial charge on any atom is 0.338 e. The Kier molecular flexibility index (Phi) is 8.67. The van der Waals surface area contributed by atoms with Crippen LogP contribution in [0.15, 0.2) is 115 Å². The maximum absolute atomic E-state index is 13.4. The summed E-state index contributed by atoms with van der Waals surface area (Å²) in [5.74, 6) is -0.347. The molecule has 0 saturated carbocycles. The van der Waals surface area contributed by atoms with Gasteiger partial charge in [0.1, 0.15) is 23.9 Å². The number of benzene rings is 5. The lowest BCUT2D eigenvalue weighted by Crippen LogP contribution is -2.29. The van der Waals surface area contributed by atoms with E-state index in [1.54, 1.807) is 48.5 Å². The summed E-state index contributed by atoms with van der Waals surface area (Å²) in [6.07, 6.45) is -1.09. The van der Waals surface area contributed by atoms with E-state index in [1.807, 2.05) is 62.4 Å². The van der Waals surface area contributed by atoms with Gasteiger partial charge in [0.15, 0.2) is 6.10 Å². The lowest BCUT2D eigenvalue weighted by molar-refractivity contribution is 0.0318. The van der Waals surface area contributed by atoms with Crippen molar-refractivity contribution in [2.45, 2.75) is 33.5 Å². The van der Waals surface area contributed by atoms with Crippen LogP contribution >= 0.6 is 0 Å². The topological polar surface area (TPSA) is 99.2 Å². The highest BCUT2D eigenvalue weighted by Gasteiger charge is 2.37. The van der Waals surface area contributed by atoms with Crippen LogP contribution in [-0.2, 0) is 11.3 Å². The number of nitrogens with zero attached hydrogens (tertiary/aromatic N) is 1. The Labute approximate surface area is 272 Å². The number of imide groups is 1. The van der Waals surface area contributed by atoms with Gasteiger partial charge in [0, 0.05) is 5.56 Å². The molecule has 234 valence electrons. The summed E-state index contributed by atoms with van der Waals surface area (Å²) in [5, 5.41) is 0. The summed E-state index contributed by atoms with van der Waals surface area (Å²) in [6, 6.07) is 33.0. The molecule has 2 amide bonds. The smallest absolute Gasteiger partial charge is 0.338 e. The molecular weight excluding hydrogens is 594 g/mol. The minimum Gasteiger partial charge on any atom is -0.489 e. The van der Waals surface area contributed by atoms with E-state index in [0.717, 1.165) is 27.3 Å². The lowest BCUT2D eigenvalue weighted by Gasteiger charge is -2.15. The van der Waals surface area contributed by atoms with Gasteiger partial charge in [-0.05, 0) is 104 Å². The second-order valence-corrected chi connectivity index (χ2v) is 11.2. The Balaban J connectivity index is 1.09. The average Bonchev–Trinajstić information content (AvgIpc) is 3.34. The van der Waals surface area contributed by atoms with Crippen molar-refractivity contribution in [1.29, 1.82) is 0 Å². The normalized spacial score (nSPS) is 12.8. The van der Waals surface area contributed by atoms with Gasteiger partial charge in [0.2, 0.25) is 5.78 Å². The van der Waals surface area contributed by atoms with Crippen LogP contribution in [0.3, 0.4) is 0 Å². The molecule has 0 N–H and O–H groups in total. The van der Waals surface area contributed by atoms with E-state index in [2.05, 4.69) is 0 Å². The average molecular weight is 626 g/mol. The van der Waals surface area contributed by atoms with Gasteiger partial charge < -0.3 is 14.2 Å². The molecule has 1 atom stereocenters. The number of esters is 1. The van der Waals surface area contributed by atoms with Crippen molar-refractivity contribution >= 4 is 29.3 Å². The van der Waals surface area contributed by atoms with Crippen molar-refractivity contribution in [2.75, 3.05) is 4.90 Å². The van der Waals surface area contributed by atoms with Crippen LogP contribution in [0.4, 0.5) is 5.69 Å². The number of amides is 2. The number of ether oxygens (including phenoxy) is 3. The Hall–Kier alpha value is -6.02. The van der Waals surface area contributed by atoms with Gasteiger partial charge in [-0.1, -0.05) is 48.5 Å². The van der Waals surface area contributed by atoms with E-state index in [-0.39, 0.29) is 16.7 Å².